The van der Waals surface area contributed by atoms with E-state index >= 15 is 0 Å². The fourth-order valence-corrected chi connectivity index (χ4v) is 3.85. The molecular formula is C17H29N. The van der Waals surface area contributed by atoms with Gasteiger partial charge in [-0.05, 0) is 35.7 Å². The average molecular weight is 247 g/mol. The van der Waals surface area contributed by atoms with Gasteiger partial charge in [-0.3, -0.25) is 0 Å². The molecule has 1 N–H and O–H groups in total. The van der Waals surface area contributed by atoms with Crippen molar-refractivity contribution in [3.63, 3.8) is 0 Å². The van der Waals surface area contributed by atoms with E-state index in [9.17, 15) is 0 Å². The summed E-state index contributed by atoms with van der Waals surface area (Å²) in [5.74, 6) is 3.39. The lowest BCUT2D eigenvalue weighted by Gasteiger charge is -2.36. The number of nitrogens with one attached hydrogen (secondary N) is 1. The molecule has 0 saturated heterocycles. The summed E-state index contributed by atoms with van der Waals surface area (Å²) >= 11 is 0. The molecule has 0 aromatic carbocycles. The summed E-state index contributed by atoms with van der Waals surface area (Å²) in [6.07, 6.45) is 6.14. The molecule has 2 aliphatic rings. The van der Waals surface area contributed by atoms with Crippen molar-refractivity contribution in [1.82, 2.24) is 5.32 Å². The molecular weight excluding hydrogens is 218 g/mol. The van der Waals surface area contributed by atoms with Crippen molar-refractivity contribution in [2.24, 2.45) is 29.6 Å². The van der Waals surface area contributed by atoms with E-state index in [0.717, 1.165) is 5.92 Å². The lowest BCUT2D eigenvalue weighted by atomic mass is 9.70. The van der Waals surface area contributed by atoms with E-state index in [4.69, 9.17) is 0 Å². The lowest BCUT2D eigenvalue weighted by molar-refractivity contribution is 0.288. The van der Waals surface area contributed by atoms with E-state index in [2.05, 4.69) is 59.0 Å². The van der Waals surface area contributed by atoms with Gasteiger partial charge in [0.05, 0.1) is 0 Å². The molecule has 0 radical (unpaired) electrons. The maximum atomic E-state index is 3.88. The Kier molecular flexibility index (Phi) is 3.89. The van der Waals surface area contributed by atoms with Gasteiger partial charge in [0.2, 0.25) is 0 Å². The molecule has 0 amide bonds. The average Bonchev–Trinajstić information content (AvgIpc) is 2.71. The zero-order valence-corrected chi connectivity index (χ0v) is 12.8. The summed E-state index contributed by atoms with van der Waals surface area (Å²) in [4.78, 5) is 0. The van der Waals surface area contributed by atoms with Crippen LogP contribution < -0.4 is 5.32 Å². The lowest BCUT2D eigenvalue weighted by Crippen LogP contribution is -2.41. The SMILES string of the molecule is CCC1C=CC(C)C2C(C(C)C)=C(C(C)C)NC12. The van der Waals surface area contributed by atoms with Gasteiger partial charge in [-0.1, -0.05) is 53.7 Å². The van der Waals surface area contributed by atoms with E-state index in [1.807, 2.05) is 0 Å². The fraction of sp³-hybridized carbons (Fsp3) is 0.765. The molecule has 0 spiro atoms. The van der Waals surface area contributed by atoms with Gasteiger partial charge in [-0.2, -0.15) is 0 Å². The van der Waals surface area contributed by atoms with Crippen LogP contribution in [0.2, 0.25) is 0 Å². The van der Waals surface area contributed by atoms with Crippen LogP contribution in [0.3, 0.4) is 0 Å². The highest BCUT2D eigenvalue weighted by atomic mass is 15.0. The molecule has 1 heteroatoms. The van der Waals surface area contributed by atoms with Crippen molar-refractivity contribution < 1.29 is 0 Å². The number of fused-ring (bicyclic) bond motifs is 1. The van der Waals surface area contributed by atoms with Crippen molar-refractivity contribution in [1.29, 1.82) is 0 Å². The first-order chi connectivity index (χ1) is 8.47. The van der Waals surface area contributed by atoms with E-state index < -0.39 is 0 Å². The van der Waals surface area contributed by atoms with Gasteiger partial charge >= 0.3 is 0 Å². The molecule has 0 aromatic rings. The van der Waals surface area contributed by atoms with E-state index in [1.165, 1.54) is 12.1 Å². The molecule has 18 heavy (non-hydrogen) atoms. The monoisotopic (exact) mass is 247 g/mol. The number of allylic oxidation sites excluding steroid dienone is 2. The van der Waals surface area contributed by atoms with Gasteiger partial charge in [0.15, 0.2) is 0 Å². The first kappa shape index (κ1) is 13.7. The molecule has 2 rings (SSSR count). The highest BCUT2D eigenvalue weighted by Gasteiger charge is 2.43. The summed E-state index contributed by atoms with van der Waals surface area (Å²) in [6.45, 7) is 14.0. The van der Waals surface area contributed by atoms with Crippen LogP contribution in [-0.2, 0) is 0 Å². The van der Waals surface area contributed by atoms with Crippen LogP contribution in [0.25, 0.3) is 0 Å². The highest BCUT2D eigenvalue weighted by Crippen LogP contribution is 2.44. The predicted molar refractivity (Wildman–Crippen MR) is 79.2 cm³/mol. The van der Waals surface area contributed by atoms with Gasteiger partial charge in [-0.25, -0.2) is 0 Å². The quantitative estimate of drug-likeness (QED) is 0.730. The molecule has 0 aromatic heterocycles. The molecule has 0 bridgehead atoms. The Morgan fingerprint density at radius 3 is 2.28 bits per heavy atom. The molecule has 0 saturated carbocycles. The van der Waals surface area contributed by atoms with Gasteiger partial charge < -0.3 is 5.32 Å². The van der Waals surface area contributed by atoms with Crippen LogP contribution in [0.15, 0.2) is 23.4 Å². The van der Waals surface area contributed by atoms with Gasteiger partial charge in [0.25, 0.3) is 0 Å². The smallest absolute Gasteiger partial charge is 0.0392 e. The normalized spacial score (nSPS) is 35.3. The van der Waals surface area contributed by atoms with Gasteiger partial charge in [0, 0.05) is 17.7 Å². The van der Waals surface area contributed by atoms with Crippen molar-refractivity contribution >= 4 is 0 Å². The minimum atomic E-state index is 0.623. The summed E-state index contributed by atoms with van der Waals surface area (Å²) in [6, 6.07) is 0.643. The van der Waals surface area contributed by atoms with Gasteiger partial charge in [0.1, 0.15) is 0 Å². The number of rotatable bonds is 3. The molecule has 0 fully saturated rings. The molecule has 1 aliphatic carbocycles. The maximum Gasteiger partial charge on any atom is 0.0392 e. The Morgan fingerprint density at radius 2 is 1.78 bits per heavy atom. The third-order valence-corrected chi connectivity index (χ3v) is 4.74. The minimum Gasteiger partial charge on any atom is -0.384 e. The third kappa shape index (κ3) is 2.13. The Labute approximate surface area is 113 Å². The second-order valence-corrected chi connectivity index (χ2v) is 6.69. The van der Waals surface area contributed by atoms with E-state index in [-0.39, 0.29) is 0 Å². The van der Waals surface area contributed by atoms with Crippen molar-refractivity contribution in [3.05, 3.63) is 23.4 Å². The fourth-order valence-electron chi connectivity index (χ4n) is 3.85. The number of hydrogen-bond donors (Lipinski definition) is 1. The summed E-state index contributed by atoms with van der Waals surface area (Å²) in [5, 5.41) is 3.88. The Bertz CT molecular complexity index is 362. The minimum absolute atomic E-state index is 0.623. The number of hydrogen-bond acceptors (Lipinski definition) is 1. The molecule has 4 unspecified atom stereocenters. The van der Waals surface area contributed by atoms with Gasteiger partial charge in [-0.15, -0.1) is 0 Å². The summed E-state index contributed by atoms with van der Waals surface area (Å²) in [7, 11) is 0. The first-order valence-electron chi connectivity index (χ1n) is 7.66. The van der Waals surface area contributed by atoms with E-state index in [1.54, 1.807) is 5.57 Å². The summed E-state index contributed by atoms with van der Waals surface area (Å²) < 4.78 is 0. The predicted octanol–water partition coefficient (Wildman–Crippen LogP) is 4.37. The van der Waals surface area contributed by atoms with E-state index in [0.29, 0.717) is 29.7 Å². The van der Waals surface area contributed by atoms with Crippen LogP contribution in [0.4, 0.5) is 0 Å². The zero-order valence-electron chi connectivity index (χ0n) is 12.8. The molecule has 1 nitrogen and oxygen atoms in total. The molecule has 4 atom stereocenters. The summed E-state index contributed by atoms with van der Waals surface area (Å²) in [5.41, 5.74) is 3.24. The molecule has 1 heterocycles. The third-order valence-electron chi connectivity index (χ3n) is 4.74. The van der Waals surface area contributed by atoms with Crippen LogP contribution in [-0.4, -0.2) is 6.04 Å². The maximum absolute atomic E-state index is 3.88. The van der Waals surface area contributed by atoms with Crippen molar-refractivity contribution in [2.45, 2.75) is 54.0 Å². The van der Waals surface area contributed by atoms with Crippen LogP contribution in [0.5, 0.6) is 0 Å². The van der Waals surface area contributed by atoms with Crippen molar-refractivity contribution in [3.8, 4) is 0 Å². The first-order valence-corrected chi connectivity index (χ1v) is 7.66. The molecule has 1 aliphatic heterocycles. The second kappa shape index (κ2) is 5.11. The Hall–Kier alpha value is -0.720. The largest absolute Gasteiger partial charge is 0.384 e. The van der Waals surface area contributed by atoms with Crippen LogP contribution in [0.1, 0.15) is 48.0 Å². The topological polar surface area (TPSA) is 12.0 Å². The van der Waals surface area contributed by atoms with Crippen LogP contribution in [0, 0.1) is 29.6 Å². The van der Waals surface area contributed by atoms with Crippen LogP contribution >= 0.6 is 0 Å². The highest BCUT2D eigenvalue weighted by molar-refractivity contribution is 5.32. The second-order valence-electron chi connectivity index (χ2n) is 6.69. The zero-order chi connectivity index (χ0) is 13.4. The molecule has 102 valence electrons. The van der Waals surface area contributed by atoms with Crippen molar-refractivity contribution in [2.75, 3.05) is 0 Å². The Morgan fingerprint density at radius 1 is 1.11 bits per heavy atom. The Balaban J connectivity index is 2.39. The standard InChI is InChI=1S/C17H29N/c1-7-13-9-8-12(6)15-14(10(2)3)16(11(4)5)18-17(13)15/h8-13,15,17-18H,7H2,1-6H3.